The van der Waals surface area contributed by atoms with Gasteiger partial charge in [0.25, 0.3) is 0 Å². The lowest BCUT2D eigenvalue weighted by molar-refractivity contribution is -0.128. The number of hydrogen-bond donors (Lipinski definition) is 0. The number of fused-ring (bicyclic) bond motifs is 2. The summed E-state index contributed by atoms with van der Waals surface area (Å²) in [5, 5.41) is 2.47. The summed E-state index contributed by atoms with van der Waals surface area (Å²) in [6.07, 6.45) is 7.24. The van der Waals surface area contributed by atoms with E-state index in [2.05, 4.69) is 68.6 Å². The fourth-order valence-corrected chi connectivity index (χ4v) is 7.25. The number of likely N-dealkylation sites (tertiary alicyclic amines) is 1. The van der Waals surface area contributed by atoms with Crippen LogP contribution in [0, 0.1) is 12.5 Å². The maximum absolute atomic E-state index is 12.6. The van der Waals surface area contributed by atoms with E-state index in [9.17, 15) is 4.79 Å². The molecule has 1 aliphatic carbocycles. The van der Waals surface area contributed by atoms with Gasteiger partial charge in [0, 0.05) is 55.4 Å². The first-order valence-corrected chi connectivity index (χ1v) is 16.1. The van der Waals surface area contributed by atoms with Crippen molar-refractivity contribution in [2.75, 3.05) is 62.2 Å². The van der Waals surface area contributed by atoms with Crippen molar-refractivity contribution in [3.05, 3.63) is 77.8 Å². The number of benzene rings is 2. The number of hydrogen-bond acceptors (Lipinski definition) is 7. The molecule has 7 rings (SSSR count). The number of rotatable bonds is 9. The number of piperazine rings is 1. The van der Waals surface area contributed by atoms with Crippen LogP contribution in [0.15, 0.2) is 55.1 Å². The van der Waals surface area contributed by atoms with Crippen LogP contribution in [-0.2, 0) is 17.8 Å². The van der Waals surface area contributed by atoms with Crippen LogP contribution in [0.1, 0.15) is 36.9 Å². The molecule has 2 aromatic carbocycles. The third kappa shape index (κ3) is 5.83. The summed E-state index contributed by atoms with van der Waals surface area (Å²) in [6.45, 7) is 17.6. The van der Waals surface area contributed by atoms with Crippen LogP contribution in [0.2, 0.25) is 0 Å². The fraction of sp³-hybridized carbons (Fsp3) is 0.486. The summed E-state index contributed by atoms with van der Waals surface area (Å²) >= 11 is 0. The second-order valence-electron chi connectivity index (χ2n) is 12.6. The second-order valence-corrected chi connectivity index (χ2v) is 12.6. The van der Waals surface area contributed by atoms with Crippen molar-refractivity contribution in [3.63, 3.8) is 0 Å². The van der Waals surface area contributed by atoms with Crippen LogP contribution >= 0.6 is 0 Å². The molecule has 1 amide bonds. The molecule has 9 heteroatoms. The first-order chi connectivity index (χ1) is 21.6. The van der Waals surface area contributed by atoms with Gasteiger partial charge >= 0.3 is 6.01 Å². The predicted octanol–water partition coefficient (Wildman–Crippen LogP) is 4.57. The van der Waals surface area contributed by atoms with Crippen molar-refractivity contribution in [1.82, 2.24) is 19.8 Å². The van der Waals surface area contributed by atoms with Gasteiger partial charge in [0.15, 0.2) is 0 Å². The zero-order valence-electron chi connectivity index (χ0n) is 25.4. The fourth-order valence-electron chi connectivity index (χ4n) is 7.25. The van der Waals surface area contributed by atoms with Crippen molar-refractivity contribution in [2.45, 2.75) is 50.7 Å². The molecule has 3 aliphatic heterocycles. The molecule has 1 unspecified atom stereocenters. The summed E-state index contributed by atoms with van der Waals surface area (Å²) in [5.74, 6) is 1.63. The first-order valence-electron chi connectivity index (χ1n) is 16.1. The van der Waals surface area contributed by atoms with Crippen molar-refractivity contribution >= 4 is 28.2 Å². The van der Waals surface area contributed by atoms with Gasteiger partial charge in [0.2, 0.25) is 12.5 Å². The first kappa shape index (κ1) is 28.6. The van der Waals surface area contributed by atoms with Gasteiger partial charge in [-0.15, -0.1) is 0 Å². The molecule has 0 bridgehead atoms. The lowest BCUT2D eigenvalue weighted by Gasteiger charge is -2.41. The van der Waals surface area contributed by atoms with Gasteiger partial charge in [0.05, 0.1) is 12.2 Å². The number of carbonyl (C=O) groups excluding carboxylic acids is 1. The molecule has 0 spiro atoms. The van der Waals surface area contributed by atoms with Gasteiger partial charge in [-0.2, -0.15) is 9.97 Å². The SMILES string of the molecule is [C-]#[N+]CC1CN(c2nc(OC[C@@H]3CCCN3CC3CC3)nc3c2CCN(c2cccc4ccccc24)C3)CCN1C(=O)C=C. The minimum Gasteiger partial charge on any atom is -0.462 e. The summed E-state index contributed by atoms with van der Waals surface area (Å²) < 4.78 is 6.45. The van der Waals surface area contributed by atoms with Crippen LogP contribution in [0.25, 0.3) is 15.6 Å². The molecule has 44 heavy (non-hydrogen) atoms. The molecule has 2 saturated heterocycles. The molecule has 2 atom stereocenters. The van der Waals surface area contributed by atoms with E-state index < -0.39 is 0 Å². The number of amides is 1. The molecule has 3 aromatic rings. The molecular formula is C35H41N7O2. The highest BCUT2D eigenvalue weighted by atomic mass is 16.5. The Morgan fingerprint density at radius 2 is 1.89 bits per heavy atom. The average Bonchev–Trinajstić information content (AvgIpc) is 3.78. The van der Waals surface area contributed by atoms with Crippen molar-refractivity contribution in [1.29, 1.82) is 0 Å². The van der Waals surface area contributed by atoms with Crippen LogP contribution < -0.4 is 14.5 Å². The van der Waals surface area contributed by atoms with E-state index in [1.165, 1.54) is 48.3 Å². The topological polar surface area (TPSA) is 69.4 Å². The lowest BCUT2D eigenvalue weighted by atomic mass is 10.0. The van der Waals surface area contributed by atoms with E-state index >= 15 is 0 Å². The van der Waals surface area contributed by atoms with Crippen LogP contribution in [0.5, 0.6) is 6.01 Å². The second kappa shape index (κ2) is 12.4. The molecule has 4 heterocycles. The zero-order chi connectivity index (χ0) is 30.0. The number of anilines is 2. The van der Waals surface area contributed by atoms with E-state index in [4.69, 9.17) is 21.3 Å². The minimum atomic E-state index is -0.216. The Labute approximate surface area is 259 Å². The predicted molar refractivity (Wildman–Crippen MR) is 173 cm³/mol. The van der Waals surface area contributed by atoms with Gasteiger partial charge in [-0.05, 0) is 62.1 Å². The van der Waals surface area contributed by atoms with E-state index in [0.29, 0.717) is 44.8 Å². The largest absolute Gasteiger partial charge is 0.462 e. The van der Waals surface area contributed by atoms with E-state index in [-0.39, 0.29) is 18.5 Å². The summed E-state index contributed by atoms with van der Waals surface area (Å²) in [5.41, 5.74) is 3.36. The van der Waals surface area contributed by atoms with Crippen LogP contribution in [0.4, 0.5) is 11.5 Å². The summed E-state index contributed by atoms with van der Waals surface area (Å²) in [6, 6.07) is 15.6. The Morgan fingerprint density at radius 3 is 2.73 bits per heavy atom. The molecule has 4 aliphatic rings. The van der Waals surface area contributed by atoms with E-state index in [1.54, 1.807) is 4.90 Å². The van der Waals surface area contributed by atoms with Crippen LogP contribution in [-0.4, -0.2) is 90.2 Å². The highest BCUT2D eigenvalue weighted by Crippen LogP contribution is 2.35. The number of aromatic nitrogens is 2. The normalized spacial score (nSPS) is 22.1. The van der Waals surface area contributed by atoms with Crippen molar-refractivity contribution in [2.24, 2.45) is 5.92 Å². The Morgan fingerprint density at radius 1 is 1.02 bits per heavy atom. The average molecular weight is 592 g/mol. The molecule has 228 valence electrons. The van der Waals surface area contributed by atoms with Crippen molar-refractivity contribution in [3.8, 4) is 6.01 Å². The van der Waals surface area contributed by atoms with E-state index in [1.807, 2.05) is 0 Å². The van der Waals surface area contributed by atoms with Gasteiger partial charge < -0.3 is 24.3 Å². The molecule has 1 aromatic heterocycles. The van der Waals surface area contributed by atoms with Gasteiger partial charge in [-0.25, -0.2) is 6.57 Å². The Balaban J connectivity index is 1.19. The molecule has 1 saturated carbocycles. The standard InChI is InChI=1S/C35H41N7O2/c1-3-33(43)42-19-18-41(22-28(42)20-36-2)34-30-15-17-40(32-12-6-9-26-8-4-5-11-29(26)32)23-31(30)37-35(38-34)44-24-27-10-7-16-39(27)21-25-13-14-25/h3-6,8-9,11-12,25,27-28H,1,7,10,13-24H2/t27-,28?/m0/s1. The minimum absolute atomic E-state index is 0.120. The molecule has 0 N–H and O–H groups in total. The molecule has 3 fully saturated rings. The van der Waals surface area contributed by atoms with Gasteiger partial charge in [0.1, 0.15) is 18.5 Å². The third-order valence-corrected chi connectivity index (χ3v) is 9.77. The van der Waals surface area contributed by atoms with Gasteiger partial charge in [-0.3, -0.25) is 9.69 Å². The Hall–Kier alpha value is -4.16. The maximum atomic E-state index is 12.6. The molecule has 9 nitrogen and oxygen atoms in total. The highest BCUT2D eigenvalue weighted by Gasteiger charge is 2.35. The Kier molecular flexibility index (Phi) is 8.09. The number of ether oxygens (including phenoxy) is 1. The zero-order valence-corrected chi connectivity index (χ0v) is 25.4. The number of carbonyl (C=O) groups is 1. The third-order valence-electron chi connectivity index (χ3n) is 9.77. The smallest absolute Gasteiger partial charge is 0.318 e. The van der Waals surface area contributed by atoms with Crippen molar-refractivity contribution < 1.29 is 9.53 Å². The monoisotopic (exact) mass is 591 g/mol. The quantitative estimate of drug-likeness (QED) is 0.267. The summed E-state index contributed by atoms with van der Waals surface area (Å²) in [7, 11) is 0. The maximum Gasteiger partial charge on any atom is 0.318 e. The Bertz CT molecular complexity index is 1580. The summed E-state index contributed by atoms with van der Waals surface area (Å²) in [4.78, 5) is 35.4. The molecule has 0 radical (unpaired) electrons. The van der Waals surface area contributed by atoms with E-state index in [0.717, 1.165) is 48.9 Å². The highest BCUT2D eigenvalue weighted by molar-refractivity contribution is 5.94. The van der Waals surface area contributed by atoms with Crippen LogP contribution in [0.3, 0.4) is 0 Å². The lowest BCUT2D eigenvalue weighted by Crippen LogP contribution is -2.56. The van der Waals surface area contributed by atoms with Gasteiger partial charge in [-0.1, -0.05) is 43.0 Å². The molecular weight excluding hydrogens is 550 g/mol. The number of nitrogens with zero attached hydrogens (tertiary/aromatic N) is 7.